The van der Waals surface area contributed by atoms with Gasteiger partial charge in [-0.15, -0.1) is 0 Å². The van der Waals surface area contributed by atoms with Crippen molar-refractivity contribution in [3.63, 3.8) is 0 Å². The Morgan fingerprint density at radius 2 is 1.79 bits per heavy atom. The topological polar surface area (TPSA) is 66.0 Å². The zero-order valence-corrected chi connectivity index (χ0v) is 10.1. The molecule has 2 aromatic carbocycles. The average Bonchev–Trinajstić information content (AvgIpc) is 2.47. The minimum atomic E-state index is -0.146. The van der Waals surface area contributed by atoms with Crippen LogP contribution in [-0.2, 0) is 6.61 Å². The third kappa shape index (κ3) is 2.13. The van der Waals surface area contributed by atoms with E-state index in [1.807, 2.05) is 42.5 Å². The van der Waals surface area contributed by atoms with Gasteiger partial charge in [-0.2, -0.15) is 0 Å². The van der Waals surface area contributed by atoms with Crippen LogP contribution in [0, 0.1) is 0 Å². The van der Waals surface area contributed by atoms with Crippen molar-refractivity contribution in [2.45, 2.75) is 6.61 Å². The summed E-state index contributed by atoms with van der Waals surface area (Å²) in [5.41, 5.74) is 2.17. The monoisotopic (exact) mass is 252 g/mol. The number of para-hydroxylation sites is 1. The quantitative estimate of drug-likeness (QED) is 0.733. The first-order valence-corrected chi connectivity index (χ1v) is 5.97. The predicted octanol–water partition coefficient (Wildman–Crippen LogP) is 2.08. The Labute approximate surface area is 109 Å². The van der Waals surface area contributed by atoms with Crippen LogP contribution in [0.2, 0.25) is 0 Å². The van der Waals surface area contributed by atoms with Crippen molar-refractivity contribution in [2.24, 2.45) is 0 Å². The molecule has 0 fully saturated rings. The molecule has 1 heterocycles. The fourth-order valence-corrected chi connectivity index (χ4v) is 1.99. The van der Waals surface area contributed by atoms with Crippen molar-refractivity contribution >= 4 is 10.9 Å². The predicted molar refractivity (Wildman–Crippen MR) is 73.7 cm³/mol. The number of benzene rings is 2. The lowest BCUT2D eigenvalue weighted by Gasteiger charge is -2.04. The Morgan fingerprint density at radius 3 is 2.53 bits per heavy atom. The first-order chi connectivity index (χ1) is 9.28. The number of nitrogens with one attached hydrogen (secondary N) is 1. The largest absolute Gasteiger partial charge is 0.392 e. The number of H-pyrrole nitrogens is 1. The third-order valence-corrected chi connectivity index (χ3v) is 3.02. The van der Waals surface area contributed by atoms with Crippen LogP contribution < -0.4 is 5.56 Å². The summed E-state index contributed by atoms with van der Waals surface area (Å²) in [7, 11) is 0. The zero-order chi connectivity index (χ0) is 13.2. The van der Waals surface area contributed by atoms with Crippen LogP contribution in [0.3, 0.4) is 0 Å². The molecule has 0 bridgehead atoms. The van der Waals surface area contributed by atoms with Crippen molar-refractivity contribution in [3.8, 4) is 11.4 Å². The van der Waals surface area contributed by atoms with Crippen LogP contribution in [0.1, 0.15) is 5.56 Å². The molecule has 0 aliphatic carbocycles. The van der Waals surface area contributed by atoms with E-state index in [4.69, 9.17) is 5.11 Å². The van der Waals surface area contributed by atoms with Gasteiger partial charge in [0.2, 0.25) is 0 Å². The van der Waals surface area contributed by atoms with Gasteiger partial charge in [0.15, 0.2) is 0 Å². The molecular weight excluding hydrogens is 240 g/mol. The van der Waals surface area contributed by atoms with Gasteiger partial charge in [-0.25, -0.2) is 4.98 Å². The summed E-state index contributed by atoms with van der Waals surface area (Å²) in [4.78, 5) is 19.2. The van der Waals surface area contributed by atoms with Crippen LogP contribution in [0.5, 0.6) is 0 Å². The smallest absolute Gasteiger partial charge is 0.259 e. The SMILES string of the molecule is O=c1[nH]c(-c2ccc(CO)cc2)nc2ccccc12. The van der Waals surface area contributed by atoms with E-state index < -0.39 is 0 Å². The molecule has 1 aromatic heterocycles. The number of hydrogen-bond acceptors (Lipinski definition) is 3. The van der Waals surface area contributed by atoms with E-state index in [2.05, 4.69) is 9.97 Å². The van der Waals surface area contributed by atoms with E-state index in [1.54, 1.807) is 6.07 Å². The molecule has 0 saturated heterocycles. The number of fused-ring (bicyclic) bond motifs is 1. The highest BCUT2D eigenvalue weighted by atomic mass is 16.3. The zero-order valence-electron chi connectivity index (χ0n) is 10.1. The molecule has 0 aliphatic heterocycles. The minimum Gasteiger partial charge on any atom is -0.392 e. The number of hydrogen-bond donors (Lipinski definition) is 2. The molecule has 3 aromatic rings. The van der Waals surface area contributed by atoms with E-state index in [0.717, 1.165) is 11.1 Å². The number of rotatable bonds is 2. The molecule has 94 valence electrons. The van der Waals surface area contributed by atoms with Crippen molar-refractivity contribution in [2.75, 3.05) is 0 Å². The molecule has 19 heavy (non-hydrogen) atoms. The van der Waals surface area contributed by atoms with Gasteiger partial charge in [0.25, 0.3) is 5.56 Å². The Kier molecular flexibility index (Phi) is 2.85. The summed E-state index contributed by atoms with van der Waals surface area (Å²) >= 11 is 0. The van der Waals surface area contributed by atoms with Gasteiger partial charge in [-0.05, 0) is 17.7 Å². The maximum Gasteiger partial charge on any atom is 0.259 e. The normalized spacial score (nSPS) is 10.8. The molecule has 2 N–H and O–H groups in total. The van der Waals surface area contributed by atoms with E-state index in [9.17, 15) is 4.79 Å². The lowest BCUT2D eigenvalue weighted by Crippen LogP contribution is -2.09. The Balaban J connectivity index is 2.16. The second-order valence-electron chi connectivity index (χ2n) is 4.29. The number of aromatic amines is 1. The number of aliphatic hydroxyl groups is 1. The van der Waals surface area contributed by atoms with Crippen LogP contribution in [0.4, 0.5) is 0 Å². The molecule has 0 amide bonds. The maximum atomic E-state index is 12.0. The molecule has 0 atom stereocenters. The number of nitrogens with zero attached hydrogens (tertiary/aromatic N) is 1. The Morgan fingerprint density at radius 1 is 1.05 bits per heavy atom. The van der Waals surface area contributed by atoms with Gasteiger partial charge in [0.05, 0.1) is 17.5 Å². The highest BCUT2D eigenvalue weighted by Gasteiger charge is 2.05. The van der Waals surface area contributed by atoms with Gasteiger partial charge in [0.1, 0.15) is 5.82 Å². The lowest BCUT2D eigenvalue weighted by atomic mass is 10.1. The first-order valence-electron chi connectivity index (χ1n) is 5.97. The molecule has 4 nitrogen and oxygen atoms in total. The van der Waals surface area contributed by atoms with E-state index in [-0.39, 0.29) is 12.2 Å². The van der Waals surface area contributed by atoms with Crippen LogP contribution in [0.25, 0.3) is 22.3 Å². The average molecular weight is 252 g/mol. The second-order valence-corrected chi connectivity index (χ2v) is 4.29. The van der Waals surface area contributed by atoms with Gasteiger partial charge in [-0.1, -0.05) is 36.4 Å². The van der Waals surface area contributed by atoms with E-state index in [0.29, 0.717) is 16.7 Å². The van der Waals surface area contributed by atoms with E-state index in [1.165, 1.54) is 0 Å². The highest BCUT2D eigenvalue weighted by Crippen LogP contribution is 2.16. The molecule has 0 saturated carbocycles. The molecule has 0 aliphatic rings. The van der Waals surface area contributed by atoms with Gasteiger partial charge in [-0.3, -0.25) is 4.79 Å². The van der Waals surface area contributed by atoms with Crippen molar-refractivity contribution in [3.05, 3.63) is 64.4 Å². The first kappa shape index (κ1) is 11.6. The molecule has 0 radical (unpaired) electrons. The highest BCUT2D eigenvalue weighted by molar-refractivity contribution is 5.79. The van der Waals surface area contributed by atoms with Crippen molar-refractivity contribution < 1.29 is 5.11 Å². The second kappa shape index (κ2) is 4.66. The summed E-state index contributed by atoms with van der Waals surface area (Å²) in [5.74, 6) is 0.535. The molecule has 0 unspecified atom stereocenters. The van der Waals surface area contributed by atoms with Crippen LogP contribution in [-0.4, -0.2) is 15.1 Å². The lowest BCUT2D eigenvalue weighted by molar-refractivity contribution is 0.282. The van der Waals surface area contributed by atoms with Crippen LogP contribution >= 0.6 is 0 Å². The maximum absolute atomic E-state index is 12.0. The van der Waals surface area contributed by atoms with Gasteiger partial charge >= 0.3 is 0 Å². The summed E-state index contributed by atoms with van der Waals surface area (Å²) in [6.07, 6.45) is 0. The summed E-state index contributed by atoms with van der Waals surface area (Å²) in [6.45, 7) is 0.00193. The number of aromatic nitrogens is 2. The summed E-state index contributed by atoms with van der Waals surface area (Å²) in [5, 5.41) is 9.59. The molecule has 3 rings (SSSR count). The fourth-order valence-electron chi connectivity index (χ4n) is 1.99. The number of aliphatic hydroxyl groups excluding tert-OH is 1. The third-order valence-electron chi connectivity index (χ3n) is 3.02. The fraction of sp³-hybridized carbons (Fsp3) is 0.0667. The van der Waals surface area contributed by atoms with Gasteiger partial charge < -0.3 is 10.1 Å². The van der Waals surface area contributed by atoms with Crippen molar-refractivity contribution in [1.82, 2.24) is 9.97 Å². The summed E-state index contributed by atoms with van der Waals surface area (Å²) < 4.78 is 0. The Bertz CT molecular complexity index is 776. The van der Waals surface area contributed by atoms with Gasteiger partial charge in [0, 0.05) is 5.56 Å². The Hall–Kier alpha value is -2.46. The van der Waals surface area contributed by atoms with Crippen LogP contribution in [0.15, 0.2) is 53.3 Å². The molecular formula is C15H12N2O2. The minimum absolute atomic E-state index is 0.00193. The molecule has 0 spiro atoms. The van der Waals surface area contributed by atoms with E-state index >= 15 is 0 Å². The molecule has 4 heteroatoms. The summed E-state index contributed by atoms with van der Waals surface area (Å²) in [6, 6.07) is 14.5. The standard InChI is InChI=1S/C15H12N2O2/c18-9-10-5-7-11(8-6-10)14-16-13-4-2-1-3-12(13)15(19)17-14/h1-8,18H,9H2,(H,16,17,19). The van der Waals surface area contributed by atoms with Crippen molar-refractivity contribution in [1.29, 1.82) is 0 Å².